The summed E-state index contributed by atoms with van der Waals surface area (Å²) in [7, 11) is -3.59. The summed E-state index contributed by atoms with van der Waals surface area (Å²) in [6.07, 6.45) is 1.59. The average Bonchev–Trinajstić information content (AvgIpc) is 2.45. The van der Waals surface area contributed by atoms with Crippen LogP contribution < -0.4 is 5.32 Å². The van der Waals surface area contributed by atoms with Crippen molar-refractivity contribution in [2.24, 2.45) is 0 Å². The highest BCUT2D eigenvalue weighted by Gasteiger charge is 2.37. The number of nitrogens with one attached hydrogen (secondary N) is 1. The van der Waals surface area contributed by atoms with Crippen molar-refractivity contribution in [2.75, 3.05) is 19.8 Å². The summed E-state index contributed by atoms with van der Waals surface area (Å²) in [5, 5.41) is 2.60. The van der Waals surface area contributed by atoms with Gasteiger partial charge in [-0.3, -0.25) is 0 Å². The van der Waals surface area contributed by atoms with Crippen molar-refractivity contribution in [3.63, 3.8) is 0 Å². The normalized spacial score (nSPS) is 23.7. The Balaban J connectivity index is 2.26. The van der Waals surface area contributed by atoms with E-state index in [4.69, 9.17) is 4.74 Å². The number of benzene rings is 1. The van der Waals surface area contributed by atoms with Crippen molar-refractivity contribution in [2.45, 2.75) is 36.0 Å². The molecule has 0 amide bonds. The van der Waals surface area contributed by atoms with Crippen molar-refractivity contribution in [3.8, 4) is 0 Å². The van der Waals surface area contributed by atoms with E-state index in [1.807, 2.05) is 6.92 Å². The highest BCUT2D eigenvalue weighted by Crippen LogP contribution is 2.23. The number of halogens is 1. The Kier molecular flexibility index (Phi) is 5.12. The van der Waals surface area contributed by atoms with E-state index in [0.717, 1.165) is 19.0 Å². The molecule has 1 aromatic rings. The van der Waals surface area contributed by atoms with Gasteiger partial charge in [0.25, 0.3) is 0 Å². The Labute approximate surface area is 119 Å². The molecule has 1 aliphatic heterocycles. The van der Waals surface area contributed by atoms with Gasteiger partial charge in [0.05, 0.1) is 11.5 Å². The van der Waals surface area contributed by atoms with Crippen LogP contribution in [0.5, 0.6) is 0 Å². The number of hydrogen-bond donors (Lipinski definition) is 1. The fraction of sp³-hybridized carbons (Fsp3) is 0.571. The molecule has 0 aliphatic carbocycles. The van der Waals surface area contributed by atoms with Gasteiger partial charge in [-0.1, -0.05) is 13.0 Å². The first kappa shape index (κ1) is 15.4. The van der Waals surface area contributed by atoms with Gasteiger partial charge in [-0.25, -0.2) is 12.8 Å². The zero-order valence-corrected chi connectivity index (χ0v) is 12.3. The summed E-state index contributed by atoms with van der Waals surface area (Å²) < 4.78 is 43.8. The molecule has 2 atom stereocenters. The number of hydrogen-bond acceptors (Lipinski definition) is 4. The lowest BCUT2D eigenvalue weighted by Crippen LogP contribution is -2.50. The van der Waals surface area contributed by atoms with Crippen molar-refractivity contribution in [3.05, 3.63) is 30.1 Å². The zero-order valence-electron chi connectivity index (χ0n) is 11.5. The highest BCUT2D eigenvalue weighted by atomic mass is 32.2. The quantitative estimate of drug-likeness (QED) is 0.900. The molecule has 1 N–H and O–H groups in total. The Bertz CT molecular complexity index is 547. The summed E-state index contributed by atoms with van der Waals surface area (Å²) >= 11 is 0. The lowest BCUT2D eigenvalue weighted by atomic mass is 10.1. The van der Waals surface area contributed by atoms with Crippen LogP contribution in [-0.2, 0) is 14.6 Å². The molecule has 0 aromatic heterocycles. The third-order valence-electron chi connectivity index (χ3n) is 3.48. The van der Waals surface area contributed by atoms with E-state index in [0.29, 0.717) is 13.0 Å². The van der Waals surface area contributed by atoms with E-state index in [-0.39, 0.29) is 17.5 Å². The van der Waals surface area contributed by atoms with E-state index in [9.17, 15) is 12.8 Å². The van der Waals surface area contributed by atoms with Crippen LogP contribution in [0.2, 0.25) is 0 Å². The third kappa shape index (κ3) is 3.37. The van der Waals surface area contributed by atoms with Gasteiger partial charge in [-0.15, -0.1) is 0 Å². The maximum atomic E-state index is 13.3. The smallest absolute Gasteiger partial charge is 0.185 e. The van der Waals surface area contributed by atoms with Gasteiger partial charge in [0.15, 0.2) is 9.84 Å². The minimum absolute atomic E-state index is 0.0244. The molecule has 1 aromatic carbocycles. The molecule has 0 bridgehead atoms. The van der Waals surface area contributed by atoms with Crippen LogP contribution in [0.15, 0.2) is 29.2 Å². The van der Waals surface area contributed by atoms with Crippen LogP contribution in [0.1, 0.15) is 19.8 Å². The summed E-state index contributed by atoms with van der Waals surface area (Å²) in [5.41, 5.74) is 0. The zero-order chi connectivity index (χ0) is 14.6. The SMILES string of the molecule is CCCNC1CCOCC1S(=O)(=O)c1cccc(F)c1. The molecule has 112 valence electrons. The molecule has 0 saturated carbocycles. The van der Waals surface area contributed by atoms with Crippen LogP contribution in [-0.4, -0.2) is 39.5 Å². The molecule has 6 heteroatoms. The molecule has 2 unspecified atom stereocenters. The topological polar surface area (TPSA) is 55.4 Å². The third-order valence-corrected chi connectivity index (χ3v) is 5.66. The fourth-order valence-corrected chi connectivity index (χ4v) is 4.23. The summed E-state index contributed by atoms with van der Waals surface area (Å²) in [5.74, 6) is -0.541. The van der Waals surface area contributed by atoms with Crippen molar-refractivity contribution in [1.82, 2.24) is 5.32 Å². The predicted octanol–water partition coefficient (Wildman–Crippen LogP) is 1.76. The molecule has 4 nitrogen and oxygen atoms in total. The summed E-state index contributed by atoms with van der Waals surface area (Å²) in [6.45, 7) is 3.50. The highest BCUT2D eigenvalue weighted by molar-refractivity contribution is 7.92. The maximum absolute atomic E-state index is 13.3. The minimum atomic E-state index is -3.59. The van der Waals surface area contributed by atoms with Gasteiger partial charge < -0.3 is 10.1 Å². The Morgan fingerprint density at radius 2 is 2.25 bits per heavy atom. The molecule has 0 spiro atoms. The predicted molar refractivity (Wildman–Crippen MR) is 74.9 cm³/mol. The van der Waals surface area contributed by atoms with Crippen LogP contribution in [0.25, 0.3) is 0 Å². The second kappa shape index (κ2) is 6.65. The van der Waals surface area contributed by atoms with Gasteiger partial charge >= 0.3 is 0 Å². The van der Waals surface area contributed by atoms with E-state index >= 15 is 0 Å². The molecule has 1 saturated heterocycles. The molecular weight excluding hydrogens is 281 g/mol. The van der Waals surface area contributed by atoms with Crippen molar-refractivity contribution >= 4 is 9.84 Å². The van der Waals surface area contributed by atoms with Gasteiger partial charge in [0, 0.05) is 12.6 Å². The van der Waals surface area contributed by atoms with Gasteiger partial charge in [-0.2, -0.15) is 0 Å². The molecule has 1 fully saturated rings. The van der Waals surface area contributed by atoms with Gasteiger partial charge in [0.2, 0.25) is 0 Å². The Hall–Kier alpha value is -0.980. The minimum Gasteiger partial charge on any atom is -0.380 e. The number of rotatable bonds is 5. The van der Waals surface area contributed by atoms with Crippen LogP contribution in [0.4, 0.5) is 4.39 Å². The van der Waals surface area contributed by atoms with Gasteiger partial charge in [0.1, 0.15) is 11.1 Å². The van der Waals surface area contributed by atoms with Gasteiger partial charge in [-0.05, 0) is 37.6 Å². The largest absolute Gasteiger partial charge is 0.380 e. The Morgan fingerprint density at radius 3 is 2.95 bits per heavy atom. The Morgan fingerprint density at radius 1 is 1.45 bits per heavy atom. The molecule has 1 aliphatic rings. The van der Waals surface area contributed by atoms with E-state index in [1.165, 1.54) is 18.2 Å². The van der Waals surface area contributed by atoms with E-state index in [1.54, 1.807) is 0 Å². The molecule has 2 rings (SSSR count). The molecule has 0 radical (unpaired) electrons. The van der Waals surface area contributed by atoms with E-state index in [2.05, 4.69) is 5.32 Å². The van der Waals surface area contributed by atoms with Crippen molar-refractivity contribution in [1.29, 1.82) is 0 Å². The number of ether oxygens (including phenoxy) is 1. The maximum Gasteiger partial charge on any atom is 0.185 e. The molecule has 20 heavy (non-hydrogen) atoms. The lowest BCUT2D eigenvalue weighted by Gasteiger charge is -2.32. The van der Waals surface area contributed by atoms with Crippen LogP contribution in [0.3, 0.4) is 0 Å². The second-order valence-corrected chi connectivity index (χ2v) is 7.13. The summed E-state index contributed by atoms with van der Waals surface area (Å²) in [4.78, 5) is 0.0244. The fourth-order valence-electron chi connectivity index (χ4n) is 2.40. The molecular formula is C14H20FNO3S. The summed E-state index contributed by atoms with van der Waals surface area (Å²) in [6, 6.07) is 5.02. The average molecular weight is 301 g/mol. The monoisotopic (exact) mass is 301 g/mol. The first-order chi connectivity index (χ1) is 9.55. The lowest BCUT2D eigenvalue weighted by molar-refractivity contribution is 0.0808. The number of sulfone groups is 1. The first-order valence-corrected chi connectivity index (χ1v) is 8.41. The standard InChI is InChI=1S/C14H20FNO3S/c1-2-7-16-13-6-8-19-10-14(13)20(17,18)12-5-3-4-11(15)9-12/h3-5,9,13-14,16H,2,6-8,10H2,1H3. The molecule has 1 heterocycles. The first-order valence-electron chi connectivity index (χ1n) is 6.86. The van der Waals surface area contributed by atoms with E-state index < -0.39 is 20.9 Å². The van der Waals surface area contributed by atoms with Crippen molar-refractivity contribution < 1.29 is 17.5 Å². The van der Waals surface area contributed by atoms with Crippen LogP contribution >= 0.6 is 0 Å². The van der Waals surface area contributed by atoms with Crippen LogP contribution in [0, 0.1) is 5.82 Å². The second-order valence-electron chi connectivity index (χ2n) is 4.97.